The van der Waals surface area contributed by atoms with Gasteiger partial charge in [0, 0.05) is 6.07 Å². The maximum absolute atomic E-state index is 12.9. The molecular formula is C25H20O6. The van der Waals surface area contributed by atoms with Gasteiger partial charge >= 0.3 is 5.97 Å². The van der Waals surface area contributed by atoms with E-state index in [1.54, 1.807) is 30.3 Å². The second kappa shape index (κ2) is 8.75. The van der Waals surface area contributed by atoms with Crippen molar-refractivity contribution in [3.8, 4) is 23.0 Å². The van der Waals surface area contributed by atoms with E-state index < -0.39 is 5.97 Å². The minimum Gasteiger partial charge on any atom is -0.496 e. The molecule has 0 N–H and O–H groups in total. The molecule has 0 saturated heterocycles. The fraction of sp³-hybridized carbons (Fsp3) is 0.120. The molecule has 0 amide bonds. The lowest BCUT2D eigenvalue weighted by Gasteiger charge is -2.10. The van der Waals surface area contributed by atoms with Crippen molar-refractivity contribution in [3.63, 3.8) is 0 Å². The molecule has 6 heteroatoms. The predicted octanol–water partition coefficient (Wildman–Crippen LogP) is 5.38. The highest BCUT2D eigenvalue weighted by atomic mass is 16.5. The lowest BCUT2D eigenvalue weighted by molar-refractivity contribution is 0.0731. The fourth-order valence-corrected chi connectivity index (χ4v) is 3.21. The van der Waals surface area contributed by atoms with E-state index in [0.29, 0.717) is 22.4 Å². The second-order valence-electron chi connectivity index (χ2n) is 6.74. The van der Waals surface area contributed by atoms with Crippen molar-refractivity contribution >= 4 is 16.9 Å². The average Bonchev–Trinajstić information content (AvgIpc) is 2.81. The molecule has 0 spiro atoms. The Morgan fingerprint density at radius 1 is 0.935 bits per heavy atom. The quantitative estimate of drug-likeness (QED) is 0.310. The summed E-state index contributed by atoms with van der Waals surface area (Å²) < 4.78 is 22.0. The number of benzene rings is 3. The highest BCUT2D eigenvalue weighted by Crippen LogP contribution is 2.27. The molecule has 6 nitrogen and oxygen atoms in total. The van der Waals surface area contributed by atoms with Crippen molar-refractivity contribution in [1.82, 2.24) is 0 Å². The second-order valence-corrected chi connectivity index (χ2v) is 6.74. The fourth-order valence-electron chi connectivity index (χ4n) is 3.21. The van der Waals surface area contributed by atoms with Gasteiger partial charge in [-0.25, -0.2) is 4.79 Å². The van der Waals surface area contributed by atoms with Crippen molar-refractivity contribution < 1.29 is 23.4 Å². The van der Waals surface area contributed by atoms with Crippen LogP contribution in [0.1, 0.15) is 22.8 Å². The van der Waals surface area contributed by atoms with Crippen LogP contribution in [0.15, 0.2) is 82.2 Å². The Labute approximate surface area is 178 Å². The number of ether oxygens (including phenoxy) is 3. The molecule has 0 radical (unpaired) electrons. The Morgan fingerprint density at radius 2 is 1.68 bits per heavy atom. The highest BCUT2D eigenvalue weighted by Gasteiger charge is 2.16. The van der Waals surface area contributed by atoms with Crippen LogP contribution in [-0.2, 0) is 6.42 Å². The van der Waals surface area contributed by atoms with Crippen molar-refractivity contribution in [1.29, 1.82) is 0 Å². The van der Waals surface area contributed by atoms with Gasteiger partial charge in [-0.2, -0.15) is 0 Å². The van der Waals surface area contributed by atoms with E-state index in [4.69, 9.17) is 18.6 Å². The van der Waals surface area contributed by atoms with E-state index in [2.05, 4.69) is 0 Å². The third-order valence-corrected chi connectivity index (χ3v) is 4.83. The molecular weight excluding hydrogens is 396 g/mol. The van der Waals surface area contributed by atoms with Crippen LogP contribution in [0.2, 0.25) is 0 Å². The van der Waals surface area contributed by atoms with Gasteiger partial charge in [0.2, 0.25) is 11.2 Å². The van der Waals surface area contributed by atoms with Crippen LogP contribution in [0, 0.1) is 0 Å². The van der Waals surface area contributed by atoms with Crippen molar-refractivity contribution in [2.24, 2.45) is 0 Å². The molecule has 0 unspecified atom stereocenters. The van der Waals surface area contributed by atoms with Crippen molar-refractivity contribution in [2.45, 2.75) is 13.3 Å². The van der Waals surface area contributed by atoms with Crippen LogP contribution in [0.3, 0.4) is 0 Å². The molecule has 0 fully saturated rings. The minimum atomic E-state index is -0.574. The van der Waals surface area contributed by atoms with Gasteiger partial charge < -0.3 is 18.6 Å². The van der Waals surface area contributed by atoms with Crippen molar-refractivity contribution in [3.05, 3.63) is 94.3 Å². The SMILES string of the molecule is CCc1ccccc1Oc1coc2cc(OC(=O)c3ccccc3OC)ccc2c1=O. The number of carbonyl (C=O) groups excluding carboxylic acids is 1. The van der Waals surface area contributed by atoms with Gasteiger partial charge in [0.05, 0.1) is 12.5 Å². The highest BCUT2D eigenvalue weighted by molar-refractivity contribution is 5.94. The monoisotopic (exact) mass is 416 g/mol. The number of rotatable bonds is 6. The van der Waals surface area contributed by atoms with Gasteiger partial charge in [-0.3, -0.25) is 4.79 Å². The topological polar surface area (TPSA) is 75.0 Å². The Hall–Kier alpha value is -4.06. The van der Waals surface area contributed by atoms with E-state index in [-0.39, 0.29) is 22.5 Å². The molecule has 0 aliphatic rings. The van der Waals surface area contributed by atoms with Crippen LogP contribution in [-0.4, -0.2) is 13.1 Å². The first kappa shape index (κ1) is 20.2. The summed E-state index contributed by atoms with van der Waals surface area (Å²) in [5.41, 5.74) is 1.26. The number of carbonyl (C=O) groups is 1. The lowest BCUT2D eigenvalue weighted by atomic mass is 10.1. The standard InChI is InChI=1S/C25H20O6/c1-3-16-8-4-6-10-20(16)31-23-15-29-22-14-17(12-13-18(22)24(23)26)30-25(27)19-9-5-7-11-21(19)28-2/h4-15H,3H2,1-2H3. The van der Waals surface area contributed by atoms with E-state index in [0.717, 1.165) is 12.0 Å². The maximum Gasteiger partial charge on any atom is 0.347 e. The summed E-state index contributed by atoms with van der Waals surface area (Å²) in [6.45, 7) is 2.01. The van der Waals surface area contributed by atoms with Gasteiger partial charge in [-0.15, -0.1) is 0 Å². The van der Waals surface area contributed by atoms with Crippen LogP contribution in [0.4, 0.5) is 0 Å². The van der Waals surface area contributed by atoms with Gasteiger partial charge in [-0.1, -0.05) is 37.3 Å². The molecule has 31 heavy (non-hydrogen) atoms. The van der Waals surface area contributed by atoms with E-state index in [1.165, 1.54) is 25.5 Å². The number of fused-ring (bicyclic) bond motifs is 1. The zero-order valence-electron chi connectivity index (χ0n) is 17.1. The molecule has 0 saturated carbocycles. The summed E-state index contributed by atoms with van der Waals surface area (Å²) >= 11 is 0. The van der Waals surface area contributed by atoms with Crippen LogP contribution >= 0.6 is 0 Å². The molecule has 1 heterocycles. The first-order valence-electron chi connectivity index (χ1n) is 9.77. The van der Waals surface area contributed by atoms with Crippen LogP contribution < -0.4 is 19.6 Å². The molecule has 4 aromatic rings. The van der Waals surface area contributed by atoms with Gasteiger partial charge in [0.1, 0.15) is 34.7 Å². The molecule has 0 aliphatic heterocycles. The first-order chi connectivity index (χ1) is 15.1. The van der Waals surface area contributed by atoms with Gasteiger partial charge in [0.15, 0.2) is 0 Å². The molecule has 4 rings (SSSR count). The summed E-state index contributed by atoms with van der Waals surface area (Å²) in [5, 5.41) is 0.323. The molecule has 156 valence electrons. The zero-order chi connectivity index (χ0) is 21.8. The molecule has 0 bridgehead atoms. The van der Waals surface area contributed by atoms with Gasteiger partial charge in [-0.05, 0) is 42.3 Å². The average molecular weight is 416 g/mol. The molecule has 1 aromatic heterocycles. The lowest BCUT2D eigenvalue weighted by Crippen LogP contribution is -2.10. The summed E-state index contributed by atoms with van der Waals surface area (Å²) in [5.74, 6) is 0.784. The first-order valence-corrected chi connectivity index (χ1v) is 9.77. The zero-order valence-corrected chi connectivity index (χ0v) is 17.1. The Balaban J connectivity index is 1.61. The normalized spacial score (nSPS) is 10.6. The van der Waals surface area contributed by atoms with E-state index >= 15 is 0 Å². The van der Waals surface area contributed by atoms with E-state index in [9.17, 15) is 9.59 Å². The third-order valence-electron chi connectivity index (χ3n) is 4.83. The smallest absolute Gasteiger partial charge is 0.347 e. The number of hydrogen-bond acceptors (Lipinski definition) is 6. The van der Waals surface area contributed by atoms with Crippen LogP contribution in [0.25, 0.3) is 11.0 Å². The summed E-state index contributed by atoms with van der Waals surface area (Å²) in [6, 6.07) is 18.9. The number of para-hydroxylation sites is 2. The third kappa shape index (κ3) is 4.14. The number of hydrogen-bond donors (Lipinski definition) is 0. The molecule has 3 aromatic carbocycles. The minimum absolute atomic E-state index is 0.0900. The summed E-state index contributed by atoms with van der Waals surface area (Å²) in [7, 11) is 1.48. The number of esters is 1. The van der Waals surface area contributed by atoms with Gasteiger partial charge in [0.25, 0.3) is 0 Å². The van der Waals surface area contributed by atoms with Crippen molar-refractivity contribution in [2.75, 3.05) is 7.11 Å². The molecule has 0 aliphatic carbocycles. The summed E-state index contributed by atoms with van der Waals surface area (Å²) in [4.78, 5) is 25.4. The van der Waals surface area contributed by atoms with E-state index in [1.807, 2.05) is 31.2 Å². The number of methoxy groups -OCH3 is 1. The largest absolute Gasteiger partial charge is 0.496 e. The van der Waals surface area contributed by atoms with Crippen LogP contribution in [0.5, 0.6) is 23.0 Å². The summed E-state index contributed by atoms with van der Waals surface area (Å²) in [6.07, 6.45) is 2.04. The predicted molar refractivity (Wildman–Crippen MR) is 116 cm³/mol. The maximum atomic E-state index is 12.9. The Morgan fingerprint density at radius 3 is 2.45 bits per heavy atom. The number of aryl methyl sites for hydroxylation is 1. The molecule has 0 atom stereocenters. The Bertz CT molecular complexity index is 1300. The Kier molecular flexibility index (Phi) is 5.71.